The zero-order valence-electron chi connectivity index (χ0n) is 10.5. The van der Waals surface area contributed by atoms with Crippen LogP contribution in [-0.2, 0) is 9.53 Å². The minimum absolute atomic E-state index is 0.0388. The highest BCUT2D eigenvalue weighted by Gasteiger charge is 2.33. The van der Waals surface area contributed by atoms with E-state index in [4.69, 9.17) is 4.74 Å². The van der Waals surface area contributed by atoms with E-state index in [-0.39, 0.29) is 17.8 Å². The van der Waals surface area contributed by atoms with Crippen LogP contribution in [-0.4, -0.2) is 25.7 Å². The third-order valence-electron chi connectivity index (χ3n) is 3.45. The van der Waals surface area contributed by atoms with Crippen molar-refractivity contribution in [3.8, 4) is 0 Å². The second-order valence-electron chi connectivity index (χ2n) is 4.58. The van der Waals surface area contributed by atoms with Crippen molar-refractivity contribution in [2.24, 2.45) is 0 Å². The molecular weight excluding hydrogens is 233 g/mol. The Balaban J connectivity index is 2.30. The van der Waals surface area contributed by atoms with Gasteiger partial charge < -0.3 is 10.1 Å². The molecule has 0 radical (unpaired) electrons. The molecule has 1 aliphatic heterocycles. The summed E-state index contributed by atoms with van der Waals surface area (Å²) in [6.07, 6.45) is 3.02. The van der Waals surface area contributed by atoms with Crippen LogP contribution < -0.4 is 5.32 Å². The van der Waals surface area contributed by atoms with E-state index in [1.165, 1.54) is 13.2 Å². The smallest absolute Gasteiger partial charge is 0.314 e. The number of carbonyl (C=O) groups is 1. The molecule has 0 bridgehead atoms. The largest absolute Gasteiger partial charge is 0.469 e. The van der Waals surface area contributed by atoms with Gasteiger partial charge in [-0.15, -0.1) is 0 Å². The summed E-state index contributed by atoms with van der Waals surface area (Å²) < 4.78 is 18.7. The van der Waals surface area contributed by atoms with Gasteiger partial charge in [-0.3, -0.25) is 4.79 Å². The highest BCUT2D eigenvalue weighted by atomic mass is 19.1. The number of hydrogen-bond acceptors (Lipinski definition) is 3. The fraction of sp³-hybridized carbons (Fsp3) is 0.500. The number of rotatable bonds is 3. The maximum atomic E-state index is 13.9. The summed E-state index contributed by atoms with van der Waals surface area (Å²) in [5, 5.41) is 3.29. The number of benzene rings is 1. The van der Waals surface area contributed by atoms with Crippen LogP contribution in [0.5, 0.6) is 0 Å². The van der Waals surface area contributed by atoms with Crippen molar-refractivity contribution in [3.63, 3.8) is 0 Å². The zero-order chi connectivity index (χ0) is 13.0. The van der Waals surface area contributed by atoms with Crippen molar-refractivity contribution in [1.29, 1.82) is 0 Å². The molecule has 4 heteroatoms. The van der Waals surface area contributed by atoms with Crippen LogP contribution in [0.2, 0.25) is 0 Å². The number of carbonyl (C=O) groups excluding carboxylic acids is 1. The average molecular weight is 251 g/mol. The molecule has 1 saturated heterocycles. The number of hydrogen-bond donors (Lipinski definition) is 1. The monoisotopic (exact) mass is 251 g/mol. The standard InChI is InChI=1S/C14H18FNO2/c1-18-14(17)13(12-8-4-5-9-16-12)10-6-2-3-7-11(10)15/h2-3,6-7,12-13,16H,4-5,8-9H2,1H3/t12-,13-/m0/s1. The molecule has 1 aromatic rings. The molecule has 1 aromatic carbocycles. The highest BCUT2D eigenvalue weighted by molar-refractivity contribution is 5.79. The fourth-order valence-corrected chi connectivity index (χ4v) is 2.53. The minimum atomic E-state index is -0.559. The van der Waals surface area contributed by atoms with Crippen LogP contribution in [0.25, 0.3) is 0 Å². The predicted octanol–water partition coefficient (Wildman–Crippen LogP) is 2.22. The molecule has 0 aromatic heterocycles. The molecule has 0 spiro atoms. The molecule has 1 aliphatic rings. The number of nitrogens with one attached hydrogen (secondary N) is 1. The molecule has 98 valence electrons. The Kier molecular flexibility index (Phi) is 4.31. The van der Waals surface area contributed by atoms with Gasteiger partial charge in [0.25, 0.3) is 0 Å². The van der Waals surface area contributed by atoms with E-state index in [2.05, 4.69) is 5.32 Å². The number of halogens is 1. The number of ether oxygens (including phenoxy) is 1. The lowest BCUT2D eigenvalue weighted by atomic mass is 9.86. The maximum absolute atomic E-state index is 13.9. The third kappa shape index (κ3) is 2.70. The number of methoxy groups -OCH3 is 1. The molecule has 1 heterocycles. The van der Waals surface area contributed by atoms with Crippen molar-refractivity contribution in [1.82, 2.24) is 5.32 Å². The van der Waals surface area contributed by atoms with Gasteiger partial charge in [0.15, 0.2) is 0 Å². The van der Waals surface area contributed by atoms with Gasteiger partial charge in [-0.05, 0) is 25.5 Å². The molecule has 1 N–H and O–H groups in total. The van der Waals surface area contributed by atoms with Crippen LogP contribution in [0.4, 0.5) is 4.39 Å². The first kappa shape index (κ1) is 13.0. The summed E-state index contributed by atoms with van der Waals surface area (Å²) in [5.41, 5.74) is 0.420. The van der Waals surface area contributed by atoms with Gasteiger partial charge in [0.1, 0.15) is 5.82 Å². The van der Waals surface area contributed by atoms with E-state index in [0.29, 0.717) is 5.56 Å². The summed E-state index contributed by atoms with van der Waals surface area (Å²) in [6, 6.07) is 6.38. The van der Waals surface area contributed by atoms with Gasteiger partial charge in [0, 0.05) is 11.6 Å². The first-order chi connectivity index (χ1) is 8.74. The van der Waals surface area contributed by atoms with E-state index in [9.17, 15) is 9.18 Å². The normalized spacial score (nSPS) is 21.3. The van der Waals surface area contributed by atoms with E-state index in [1.54, 1.807) is 18.2 Å². The van der Waals surface area contributed by atoms with Crippen molar-refractivity contribution in [2.75, 3.05) is 13.7 Å². The van der Waals surface area contributed by atoms with Gasteiger partial charge in [0.05, 0.1) is 13.0 Å². The lowest BCUT2D eigenvalue weighted by Crippen LogP contribution is -2.42. The van der Waals surface area contributed by atoms with E-state index >= 15 is 0 Å². The number of esters is 1. The second kappa shape index (κ2) is 5.96. The van der Waals surface area contributed by atoms with E-state index in [0.717, 1.165) is 25.8 Å². The fourth-order valence-electron chi connectivity index (χ4n) is 2.53. The molecule has 0 saturated carbocycles. The van der Waals surface area contributed by atoms with Crippen LogP contribution in [0.15, 0.2) is 24.3 Å². The van der Waals surface area contributed by atoms with Gasteiger partial charge in [0.2, 0.25) is 0 Å². The van der Waals surface area contributed by atoms with Gasteiger partial charge >= 0.3 is 5.97 Å². The van der Waals surface area contributed by atoms with Gasteiger partial charge in [-0.2, -0.15) is 0 Å². The predicted molar refractivity (Wildman–Crippen MR) is 66.8 cm³/mol. The summed E-state index contributed by atoms with van der Waals surface area (Å²) in [5.74, 6) is -1.28. The lowest BCUT2D eigenvalue weighted by molar-refractivity contribution is -0.143. The Morgan fingerprint density at radius 2 is 2.22 bits per heavy atom. The first-order valence-corrected chi connectivity index (χ1v) is 6.29. The third-order valence-corrected chi connectivity index (χ3v) is 3.45. The molecular formula is C14H18FNO2. The second-order valence-corrected chi connectivity index (χ2v) is 4.58. The summed E-state index contributed by atoms with van der Waals surface area (Å²) in [7, 11) is 1.35. The molecule has 0 unspecified atom stereocenters. The molecule has 1 fully saturated rings. The lowest BCUT2D eigenvalue weighted by Gasteiger charge is -2.30. The SMILES string of the molecule is COC(=O)[C@@H](c1ccccc1F)[C@@H]1CCCCN1. The molecule has 0 amide bonds. The Morgan fingerprint density at radius 1 is 1.44 bits per heavy atom. The molecule has 2 rings (SSSR count). The maximum Gasteiger partial charge on any atom is 0.314 e. The van der Waals surface area contributed by atoms with Crippen molar-refractivity contribution >= 4 is 5.97 Å². The quantitative estimate of drug-likeness (QED) is 0.837. The molecule has 2 atom stereocenters. The highest BCUT2D eigenvalue weighted by Crippen LogP contribution is 2.28. The topological polar surface area (TPSA) is 38.3 Å². The van der Waals surface area contributed by atoms with Crippen LogP contribution >= 0.6 is 0 Å². The summed E-state index contributed by atoms with van der Waals surface area (Å²) in [6.45, 7) is 0.868. The minimum Gasteiger partial charge on any atom is -0.469 e. The van der Waals surface area contributed by atoms with Crippen molar-refractivity contribution < 1.29 is 13.9 Å². The summed E-state index contributed by atoms with van der Waals surface area (Å²) in [4.78, 5) is 11.9. The van der Waals surface area contributed by atoms with E-state index < -0.39 is 5.92 Å². The van der Waals surface area contributed by atoms with Crippen LogP contribution in [0.3, 0.4) is 0 Å². The first-order valence-electron chi connectivity index (χ1n) is 6.29. The summed E-state index contributed by atoms with van der Waals surface area (Å²) >= 11 is 0. The molecule has 0 aliphatic carbocycles. The van der Waals surface area contributed by atoms with Crippen LogP contribution in [0, 0.1) is 5.82 Å². The van der Waals surface area contributed by atoms with Crippen molar-refractivity contribution in [2.45, 2.75) is 31.2 Å². The van der Waals surface area contributed by atoms with Crippen LogP contribution in [0.1, 0.15) is 30.7 Å². The van der Waals surface area contributed by atoms with Crippen molar-refractivity contribution in [3.05, 3.63) is 35.6 Å². The zero-order valence-corrected chi connectivity index (χ0v) is 10.5. The Hall–Kier alpha value is -1.42. The Morgan fingerprint density at radius 3 is 2.83 bits per heavy atom. The van der Waals surface area contributed by atoms with Gasteiger partial charge in [-0.1, -0.05) is 24.6 Å². The average Bonchev–Trinajstić information content (AvgIpc) is 2.42. The number of piperidine rings is 1. The molecule has 18 heavy (non-hydrogen) atoms. The Bertz CT molecular complexity index is 416. The van der Waals surface area contributed by atoms with E-state index in [1.807, 2.05) is 0 Å². The Labute approximate surface area is 106 Å². The van der Waals surface area contributed by atoms with Gasteiger partial charge in [-0.25, -0.2) is 4.39 Å². The molecule has 3 nitrogen and oxygen atoms in total.